The minimum atomic E-state index is -0.127. The molecule has 3 aromatic rings. The molecule has 28 heavy (non-hydrogen) atoms. The van der Waals surface area contributed by atoms with Crippen molar-refractivity contribution in [2.75, 3.05) is 6.26 Å². The molecule has 0 saturated carbocycles. The first-order valence-electron chi connectivity index (χ1n) is 9.88. The van der Waals surface area contributed by atoms with Crippen LogP contribution in [0, 0.1) is 18.1 Å². The summed E-state index contributed by atoms with van der Waals surface area (Å²) in [6.45, 7) is 11.7. The first-order chi connectivity index (χ1) is 13.1. The maximum Gasteiger partial charge on any atom is 0.0260 e. The van der Waals surface area contributed by atoms with Gasteiger partial charge in [-0.2, -0.15) is 0 Å². The summed E-state index contributed by atoms with van der Waals surface area (Å²) in [7, 11) is -0.127. The molecule has 140 valence electrons. The van der Waals surface area contributed by atoms with Gasteiger partial charge in [0.1, 0.15) is 0 Å². The quantitative estimate of drug-likeness (QED) is 0.298. The maximum atomic E-state index is 4.06. The van der Waals surface area contributed by atoms with Crippen molar-refractivity contribution in [3.8, 4) is 22.3 Å². The molecule has 0 unspecified atom stereocenters. The molecule has 1 heteroatoms. The normalized spacial score (nSPS) is 17.9. The summed E-state index contributed by atoms with van der Waals surface area (Å²) in [6.07, 6.45) is 2.07. The zero-order valence-electron chi connectivity index (χ0n) is 17.6. The van der Waals surface area contributed by atoms with E-state index in [1.54, 1.807) is 0 Å². The number of hydrogen-bond donors (Lipinski definition) is 0. The zero-order valence-corrected chi connectivity index (χ0v) is 18.4. The van der Waals surface area contributed by atoms with Crippen LogP contribution in [0.4, 0.5) is 0 Å². The van der Waals surface area contributed by atoms with Crippen molar-refractivity contribution >= 4 is 27.1 Å². The first-order valence-corrected chi connectivity index (χ1v) is 11.7. The van der Waals surface area contributed by atoms with E-state index in [9.17, 15) is 0 Å². The minimum absolute atomic E-state index is 0.0119. The third kappa shape index (κ3) is 2.08. The molecule has 0 aromatic heterocycles. The third-order valence-electron chi connectivity index (χ3n) is 6.82. The van der Waals surface area contributed by atoms with Crippen molar-refractivity contribution in [2.45, 2.75) is 45.4 Å². The highest BCUT2D eigenvalue weighted by Crippen LogP contribution is 2.59. The fourth-order valence-corrected chi connectivity index (χ4v) is 5.62. The van der Waals surface area contributed by atoms with Crippen LogP contribution in [-0.2, 0) is 10.8 Å². The van der Waals surface area contributed by atoms with Crippen molar-refractivity contribution in [3.63, 3.8) is 0 Å². The van der Waals surface area contributed by atoms with Gasteiger partial charge in [0.15, 0.2) is 0 Å². The van der Waals surface area contributed by atoms with E-state index in [4.69, 9.17) is 0 Å². The number of hydrogen-bond acceptors (Lipinski definition) is 0. The molecule has 0 saturated heterocycles. The Balaban J connectivity index is 2.01. The van der Waals surface area contributed by atoms with Gasteiger partial charge >= 0.3 is 0 Å². The lowest BCUT2D eigenvalue weighted by atomic mass is 9.68. The topological polar surface area (TPSA) is 0 Å². The highest BCUT2D eigenvalue weighted by molar-refractivity contribution is 8.17. The summed E-state index contributed by atoms with van der Waals surface area (Å²) < 4.78 is 0. The molecule has 1 atom stereocenters. The summed E-state index contributed by atoms with van der Waals surface area (Å²) in [6, 6.07) is 13.9. The van der Waals surface area contributed by atoms with Gasteiger partial charge < -0.3 is 0 Å². The molecule has 0 aliphatic heterocycles. The summed E-state index contributed by atoms with van der Waals surface area (Å²) >= 11 is 0. The SMILES string of the molecule is C=[S@@](C)C#Cc1cc2c3c(c1)C(C)(C)c1cccc4c(C)cc(c-3c14)C2(C)C. The molecule has 0 nitrogen and oxygen atoms in total. The Hall–Kier alpha value is -2.30. The predicted molar refractivity (Wildman–Crippen MR) is 126 cm³/mol. The van der Waals surface area contributed by atoms with E-state index in [1.165, 1.54) is 49.7 Å². The van der Waals surface area contributed by atoms with Gasteiger partial charge in [-0.1, -0.05) is 63.8 Å². The molecule has 5 rings (SSSR count). The summed E-state index contributed by atoms with van der Waals surface area (Å²) in [5, 5.41) is 6.16. The van der Waals surface area contributed by atoms with E-state index in [0.29, 0.717) is 0 Å². The molecule has 0 heterocycles. The van der Waals surface area contributed by atoms with Crippen LogP contribution in [-0.4, -0.2) is 12.1 Å². The Bertz CT molecular complexity index is 1290. The van der Waals surface area contributed by atoms with Crippen LogP contribution in [0.5, 0.6) is 0 Å². The van der Waals surface area contributed by atoms with Crippen molar-refractivity contribution in [1.29, 1.82) is 0 Å². The van der Waals surface area contributed by atoms with Gasteiger partial charge in [0.05, 0.1) is 0 Å². The molecular weight excluding hydrogens is 356 g/mol. The smallest absolute Gasteiger partial charge is 0.0260 e. The maximum absolute atomic E-state index is 4.06. The van der Waals surface area contributed by atoms with E-state index in [0.717, 1.165) is 5.56 Å². The minimum Gasteiger partial charge on any atom is -0.121 e. The average molecular weight is 383 g/mol. The van der Waals surface area contributed by atoms with Crippen LogP contribution in [0.3, 0.4) is 0 Å². The Labute approximate surface area is 170 Å². The van der Waals surface area contributed by atoms with E-state index >= 15 is 0 Å². The molecule has 0 fully saturated rings. The van der Waals surface area contributed by atoms with Crippen molar-refractivity contribution < 1.29 is 0 Å². The number of aryl methyl sites for hydroxylation is 1. The van der Waals surface area contributed by atoms with Gasteiger partial charge in [-0.25, -0.2) is 0 Å². The van der Waals surface area contributed by atoms with Crippen LogP contribution < -0.4 is 0 Å². The van der Waals surface area contributed by atoms with Crippen molar-refractivity contribution in [1.82, 2.24) is 0 Å². The van der Waals surface area contributed by atoms with Crippen LogP contribution >= 0.6 is 10.5 Å². The second kappa shape index (κ2) is 5.40. The van der Waals surface area contributed by atoms with Crippen molar-refractivity contribution in [3.05, 3.63) is 69.8 Å². The van der Waals surface area contributed by atoms with Crippen LogP contribution in [0.1, 0.15) is 61.1 Å². The highest BCUT2D eigenvalue weighted by Gasteiger charge is 2.45. The average Bonchev–Trinajstić information content (AvgIpc) is 2.86. The highest BCUT2D eigenvalue weighted by atomic mass is 32.2. The third-order valence-corrected chi connectivity index (χ3v) is 7.27. The molecule has 2 aliphatic rings. The van der Waals surface area contributed by atoms with Gasteiger partial charge in [0.2, 0.25) is 0 Å². The molecule has 0 spiro atoms. The Kier molecular flexibility index (Phi) is 3.43. The molecule has 2 aliphatic carbocycles. The van der Waals surface area contributed by atoms with Crippen LogP contribution in [0.15, 0.2) is 36.4 Å². The lowest BCUT2D eigenvalue weighted by Gasteiger charge is -2.35. The second-order valence-corrected chi connectivity index (χ2v) is 10.9. The number of rotatable bonds is 0. The summed E-state index contributed by atoms with van der Waals surface area (Å²) in [5.41, 5.74) is 11.1. The van der Waals surface area contributed by atoms with Gasteiger partial charge in [-0.15, -0.1) is 10.5 Å². The molecule has 0 bridgehead atoms. The molecule has 0 N–H and O–H groups in total. The first kappa shape index (κ1) is 17.8. The van der Waals surface area contributed by atoms with E-state index in [-0.39, 0.29) is 21.3 Å². The van der Waals surface area contributed by atoms with Gasteiger partial charge in [0.25, 0.3) is 0 Å². The Morgan fingerprint density at radius 3 is 2.11 bits per heavy atom. The van der Waals surface area contributed by atoms with Gasteiger partial charge in [0, 0.05) is 16.4 Å². The summed E-state index contributed by atoms with van der Waals surface area (Å²) in [5.74, 6) is 7.47. The standard InChI is InChI=1S/C27H26S/c1-16-13-20-25-23-18(16)9-8-10-19(23)26(2,3)21-14-17(11-12-28(6)7)15-22(24(21)25)27(20,4)5/h8-10,13-15H,6H2,1-5,7H3/t28-/m0/s1. The predicted octanol–water partition coefficient (Wildman–Crippen LogP) is 6.73. The number of benzene rings is 3. The summed E-state index contributed by atoms with van der Waals surface area (Å²) in [4.78, 5) is 0. The van der Waals surface area contributed by atoms with Crippen LogP contribution in [0.25, 0.3) is 21.9 Å². The second-order valence-electron chi connectivity index (χ2n) is 9.40. The van der Waals surface area contributed by atoms with Crippen molar-refractivity contribution in [2.24, 2.45) is 0 Å². The Morgan fingerprint density at radius 1 is 0.857 bits per heavy atom. The zero-order chi connectivity index (χ0) is 20.0. The monoisotopic (exact) mass is 382 g/mol. The molecule has 0 radical (unpaired) electrons. The lowest BCUT2D eigenvalue weighted by molar-refractivity contribution is 0.639. The van der Waals surface area contributed by atoms with E-state index in [2.05, 4.69) is 94.3 Å². The molecular formula is C27H26S. The fraction of sp³-hybridized carbons (Fsp3) is 0.296. The van der Waals surface area contributed by atoms with E-state index < -0.39 is 0 Å². The lowest BCUT2D eigenvalue weighted by Crippen LogP contribution is -2.24. The Morgan fingerprint density at radius 2 is 1.46 bits per heavy atom. The van der Waals surface area contributed by atoms with E-state index in [1.807, 2.05) is 0 Å². The molecule has 0 amide bonds. The van der Waals surface area contributed by atoms with Gasteiger partial charge in [-0.3, -0.25) is 0 Å². The molecule has 3 aromatic carbocycles. The largest absolute Gasteiger partial charge is 0.121 e. The van der Waals surface area contributed by atoms with Gasteiger partial charge in [-0.05, 0) is 80.3 Å². The van der Waals surface area contributed by atoms with Crippen LogP contribution in [0.2, 0.25) is 0 Å². The fourth-order valence-electron chi connectivity index (χ4n) is 5.33.